The zero-order valence-electron chi connectivity index (χ0n) is 15.7. The average molecular weight is 377 g/mol. The van der Waals surface area contributed by atoms with E-state index in [4.69, 9.17) is 4.74 Å². The summed E-state index contributed by atoms with van der Waals surface area (Å²) in [4.78, 5) is 30.6. The van der Waals surface area contributed by atoms with Crippen LogP contribution < -0.4 is 0 Å². The van der Waals surface area contributed by atoms with Crippen LogP contribution in [0.4, 0.5) is 4.39 Å². The van der Waals surface area contributed by atoms with E-state index in [2.05, 4.69) is 4.90 Å². The Morgan fingerprint density at radius 2 is 1.48 bits per heavy atom. The van der Waals surface area contributed by atoms with E-state index in [9.17, 15) is 14.0 Å². The highest BCUT2D eigenvalue weighted by atomic mass is 19.1. The second-order valence-electron chi connectivity index (χ2n) is 7.06. The predicted molar refractivity (Wildman–Crippen MR) is 99.8 cm³/mol. The Kier molecular flexibility index (Phi) is 7.18. The van der Waals surface area contributed by atoms with Gasteiger partial charge in [0.2, 0.25) is 11.8 Å². The number of ether oxygens (including phenoxy) is 1. The van der Waals surface area contributed by atoms with E-state index in [0.29, 0.717) is 51.0 Å². The summed E-state index contributed by atoms with van der Waals surface area (Å²) in [6.45, 7) is 6.28. The Morgan fingerprint density at radius 1 is 0.889 bits per heavy atom. The number of nitrogens with zero attached hydrogens (tertiary/aromatic N) is 3. The summed E-state index contributed by atoms with van der Waals surface area (Å²) in [7, 11) is 0. The van der Waals surface area contributed by atoms with Gasteiger partial charge in [0, 0.05) is 58.7 Å². The first-order valence-electron chi connectivity index (χ1n) is 9.72. The number of halogens is 1. The molecule has 6 nitrogen and oxygen atoms in total. The first-order chi connectivity index (χ1) is 13.1. The van der Waals surface area contributed by atoms with Crippen LogP contribution in [0.5, 0.6) is 0 Å². The minimum Gasteiger partial charge on any atom is -0.379 e. The molecule has 1 aromatic carbocycles. The van der Waals surface area contributed by atoms with Gasteiger partial charge in [0.15, 0.2) is 0 Å². The first-order valence-corrected chi connectivity index (χ1v) is 9.72. The number of carbonyl (C=O) groups is 2. The summed E-state index contributed by atoms with van der Waals surface area (Å²) < 4.78 is 19.0. The lowest BCUT2D eigenvalue weighted by Crippen LogP contribution is -2.51. The molecule has 7 heteroatoms. The van der Waals surface area contributed by atoms with Gasteiger partial charge in [-0.1, -0.05) is 18.2 Å². The number of morpholine rings is 1. The second-order valence-corrected chi connectivity index (χ2v) is 7.06. The van der Waals surface area contributed by atoms with E-state index in [1.165, 1.54) is 6.07 Å². The highest BCUT2D eigenvalue weighted by Gasteiger charge is 2.24. The van der Waals surface area contributed by atoms with Gasteiger partial charge in [0.05, 0.1) is 13.2 Å². The predicted octanol–water partition coefficient (Wildman–Crippen LogP) is 1.15. The number of hydrogen-bond acceptors (Lipinski definition) is 4. The molecule has 1 aromatic rings. The molecular formula is C20H28FN3O3. The van der Waals surface area contributed by atoms with E-state index in [0.717, 1.165) is 32.8 Å². The van der Waals surface area contributed by atoms with Gasteiger partial charge in [-0.3, -0.25) is 14.5 Å². The molecule has 3 rings (SSSR count). The van der Waals surface area contributed by atoms with Gasteiger partial charge in [-0.15, -0.1) is 0 Å². The van der Waals surface area contributed by atoms with Crippen molar-refractivity contribution in [2.45, 2.75) is 19.3 Å². The fourth-order valence-corrected chi connectivity index (χ4v) is 3.54. The van der Waals surface area contributed by atoms with Crippen molar-refractivity contribution in [3.8, 4) is 0 Å². The number of piperazine rings is 1. The molecule has 0 spiro atoms. The fraction of sp³-hybridized carbons (Fsp3) is 0.600. The maximum absolute atomic E-state index is 13.6. The lowest BCUT2D eigenvalue weighted by Gasteiger charge is -2.35. The second kappa shape index (κ2) is 9.80. The molecule has 27 heavy (non-hydrogen) atoms. The molecule has 2 saturated heterocycles. The number of benzene rings is 1. The molecule has 2 heterocycles. The third kappa shape index (κ3) is 5.74. The lowest BCUT2D eigenvalue weighted by molar-refractivity contribution is -0.139. The fourth-order valence-electron chi connectivity index (χ4n) is 3.54. The van der Waals surface area contributed by atoms with E-state index in [1.807, 2.05) is 4.90 Å². The van der Waals surface area contributed by atoms with Crippen LogP contribution in [0.1, 0.15) is 18.4 Å². The monoisotopic (exact) mass is 377 g/mol. The number of hydrogen-bond donors (Lipinski definition) is 0. The molecule has 2 fully saturated rings. The zero-order chi connectivity index (χ0) is 19.1. The van der Waals surface area contributed by atoms with Crippen LogP contribution in [-0.4, -0.2) is 85.5 Å². The smallest absolute Gasteiger partial charge is 0.223 e. The minimum absolute atomic E-state index is 0.0265. The summed E-state index contributed by atoms with van der Waals surface area (Å²) in [5, 5.41) is 0. The first kappa shape index (κ1) is 19.8. The number of rotatable bonds is 6. The van der Waals surface area contributed by atoms with Crippen LogP contribution in [0.25, 0.3) is 0 Å². The molecule has 148 valence electrons. The quantitative estimate of drug-likeness (QED) is 0.746. The molecule has 2 aliphatic heterocycles. The van der Waals surface area contributed by atoms with E-state index < -0.39 is 0 Å². The van der Waals surface area contributed by atoms with Crippen molar-refractivity contribution < 1.29 is 18.7 Å². The average Bonchev–Trinajstić information content (AvgIpc) is 2.72. The van der Waals surface area contributed by atoms with Crippen LogP contribution >= 0.6 is 0 Å². The lowest BCUT2D eigenvalue weighted by atomic mass is 10.1. The highest BCUT2D eigenvalue weighted by Crippen LogP contribution is 2.12. The van der Waals surface area contributed by atoms with Gasteiger partial charge in [-0.05, 0) is 18.1 Å². The van der Waals surface area contributed by atoms with Crippen LogP contribution in [0.3, 0.4) is 0 Å². The Labute approximate surface area is 159 Å². The van der Waals surface area contributed by atoms with E-state index in [1.54, 1.807) is 23.1 Å². The number of aryl methyl sites for hydroxylation is 1. The van der Waals surface area contributed by atoms with Crippen molar-refractivity contribution in [3.05, 3.63) is 35.6 Å². The topological polar surface area (TPSA) is 53.1 Å². The van der Waals surface area contributed by atoms with Crippen molar-refractivity contribution >= 4 is 11.8 Å². The Hall–Kier alpha value is -1.99. The molecule has 0 radical (unpaired) electrons. The third-order valence-electron chi connectivity index (χ3n) is 5.30. The number of carbonyl (C=O) groups excluding carboxylic acids is 2. The normalized spacial score (nSPS) is 18.6. The third-order valence-corrected chi connectivity index (χ3v) is 5.30. The molecule has 0 bridgehead atoms. The van der Waals surface area contributed by atoms with Crippen LogP contribution in [0, 0.1) is 5.82 Å². The molecular weight excluding hydrogens is 349 g/mol. The Balaban J connectivity index is 1.37. The molecule has 2 aliphatic rings. The van der Waals surface area contributed by atoms with Crippen molar-refractivity contribution in [3.63, 3.8) is 0 Å². The molecule has 0 N–H and O–H groups in total. The van der Waals surface area contributed by atoms with E-state index >= 15 is 0 Å². The van der Waals surface area contributed by atoms with E-state index in [-0.39, 0.29) is 17.6 Å². The SMILES string of the molecule is O=C(CCc1ccccc1F)N1CCN(C(=O)CCN2CCOCC2)CC1. The van der Waals surface area contributed by atoms with Crippen molar-refractivity contribution in [2.75, 3.05) is 59.0 Å². The van der Waals surface area contributed by atoms with Gasteiger partial charge >= 0.3 is 0 Å². The Bertz CT molecular complexity index is 641. The largest absolute Gasteiger partial charge is 0.379 e. The van der Waals surface area contributed by atoms with Gasteiger partial charge in [0.1, 0.15) is 5.82 Å². The standard InChI is InChI=1S/C20H28FN3O3/c21-18-4-2-1-3-17(18)5-6-19(25)23-9-11-24(12-10-23)20(26)7-8-22-13-15-27-16-14-22/h1-4H,5-16H2. The zero-order valence-corrected chi connectivity index (χ0v) is 15.7. The summed E-state index contributed by atoms with van der Waals surface area (Å²) in [6, 6.07) is 6.56. The molecule has 0 saturated carbocycles. The maximum atomic E-state index is 13.6. The summed E-state index contributed by atoms with van der Waals surface area (Å²) in [6.07, 6.45) is 1.22. The molecule has 0 atom stereocenters. The Morgan fingerprint density at radius 3 is 2.11 bits per heavy atom. The van der Waals surface area contributed by atoms with Crippen molar-refractivity contribution in [1.82, 2.24) is 14.7 Å². The van der Waals surface area contributed by atoms with Crippen LogP contribution in [0.2, 0.25) is 0 Å². The number of amides is 2. The van der Waals surface area contributed by atoms with Gasteiger partial charge < -0.3 is 14.5 Å². The minimum atomic E-state index is -0.263. The van der Waals surface area contributed by atoms with Crippen LogP contribution in [0.15, 0.2) is 24.3 Å². The van der Waals surface area contributed by atoms with Gasteiger partial charge in [-0.2, -0.15) is 0 Å². The van der Waals surface area contributed by atoms with Crippen molar-refractivity contribution in [1.29, 1.82) is 0 Å². The molecule has 2 amide bonds. The van der Waals surface area contributed by atoms with Crippen molar-refractivity contribution in [2.24, 2.45) is 0 Å². The summed E-state index contributed by atoms with van der Waals surface area (Å²) >= 11 is 0. The van der Waals surface area contributed by atoms with Gasteiger partial charge in [-0.25, -0.2) is 4.39 Å². The highest BCUT2D eigenvalue weighted by molar-refractivity contribution is 5.78. The van der Waals surface area contributed by atoms with Crippen LogP contribution in [-0.2, 0) is 20.7 Å². The summed E-state index contributed by atoms with van der Waals surface area (Å²) in [5.74, 6) is -0.0837. The summed E-state index contributed by atoms with van der Waals surface area (Å²) in [5.41, 5.74) is 0.572. The maximum Gasteiger partial charge on any atom is 0.223 e. The molecule has 0 unspecified atom stereocenters. The molecule has 0 aliphatic carbocycles. The molecule has 0 aromatic heterocycles. The van der Waals surface area contributed by atoms with Gasteiger partial charge in [0.25, 0.3) is 0 Å².